The molecule has 0 spiro atoms. The minimum absolute atomic E-state index is 0.803. The fourth-order valence-corrected chi connectivity index (χ4v) is 4.14. The van der Waals surface area contributed by atoms with Gasteiger partial charge in [-0.3, -0.25) is 9.80 Å². The SMILES string of the molecule is C1CC2CN(C3CCN(C4CC4)C3)CCC1N2. The smallest absolute Gasteiger partial charge is 0.0236 e. The van der Waals surface area contributed by atoms with Crippen LogP contribution in [0.2, 0.25) is 0 Å². The van der Waals surface area contributed by atoms with Crippen molar-refractivity contribution in [1.29, 1.82) is 0 Å². The topological polar surface area (TPSA) is 18.5 Å². The maximum Gasteiger partial charge on any atom is 0.0236 e. The van der Waals surface area contributed by atoms with Crippen LogP contribution in [-0.2, 0) is 0 Å². The van der Waals surface area contributed by atoms with Crippen molar-refractivity contribution < 1.29 is 0 Å². The second-order valence-corrected chi connectivity index (χ2v) is 6.59. The van der Waals surface area contributed by atoms with Gasteiger partial charge in [0.05, 0.1) is 0 Å². The molecular formula is C14H25N3. The molecule has 4 fully saturated rings. The van der Waals surface area contributed by atoms with Crippen molar-refractivity contribution in [1.82, 2.24) is 15.1 Å². The van der Waals surface area contributed by atoms with E-state index in [2.05, 4.69) is 15.1 Å². The molecule has 0 amide bonds. The molecule has 3 atom stereocenters. The van der Waals surface area contributed by atoms with Crippen LogP contribution in [0.25, 0.3) is 0 Å². The molecule has 0 aromatic rings. The zero-order chi connectivity index (χ0) is 11.2. The lowest BCUT2D eigenvalue weighted by molar-refractivity contribution is 0.182. The van der Waals surface area contributed by atoms with Gasteiger partial charge < -0.3 is 5.32 Å². The minimum atomic E-state index is 0.803. The summed E-state index contributed by atoms with van der Waals surface area (Å²) in [6.45, 7) is 5.40. The third-order valence-electron chi connectivity index (χ3n) is 5.33. The monoisotopic (exact) mass is 235 g/mol. The maximum absolute atomic E-state index is 3.80. The summed E-state index contributed by atoms with van der Waals surface area (Å²) in [6, 6.07) is 3.49. The Labute approximate surface area is 105 Å². The Bertz CT molecular complexity index is 289. The fourth-order valence-electron chi connectivity index (χ4n) is 4.14. The third kappa shape index (κ3) is 2.13. The van der Waals surface area contributed by atoms with Crippen molar-refractivity contribution in [3.05, 3.63) is 0 Å². The van der Waals surface area contributed by atoms with Gasteiger partial charge in [0.25, 0.3) is 0 Å². The van der Waals surface area contributed by atoms with Gasteiger partial charge in [0.1, 0.15) is 0 Å². The van der Waals surface area contributed by atoms with E-state index in [1.54, 1.807) is 0 Å². The molecule has 4 rings (SSSR count). The Morgan fingerprint density at radius 1 is 0.647 bits per heavy atom. The van der Waals surface area contributed by atoms with E-state index in [0.717, 1.165) is 24.2 Å². The van der Waals surface area contributed by atoms with Crippen molar-refractivity contribution in [2.45, 2.75) is 62.7 Å². The van der Waals surface area contributed by atoms with Gasteiger partial charge in [0.15, 0.2) is 0 Å². The van der Waals surface area contributed by atoms with Gasteiger partial charge in [-0.05, 0) is 38.5 Å². The molecule has 4 aliphatic rings. The minimum Gasteiger partial charge on any atom is -0.310 e. The number of hydrogen-bond donors (Lipinski definition) is 1. The van der Waals surface area contributed by atoms with Crippen LogP contribution in [0.15, 0.2) is 0 Å². The molecule has 3 heteroatoms. The summed E-state index contributed by atoms with van der Waals surface area (Å²) in [4.78, 5) is 5.56. The number of hydrogen-bond acceptors (Lipinski definition) is 3. The van der Waals surface area contributed by atoms with Gasteiger partial charge in [-0.25, -0.2) is 0 Å². The van der Waals surface area contributed by atoms with Crippen molar-refractivity contribution in [2.75, 3.05) is 26.2 Å². The van der Waals surface area contributed by atoms with Crippen LogP contribution < -0.4 is 5.32 Å². The van der Waals surface area contributed by atoms with Crippen LogP contribution in [0.4, 0.5) is 0 Å². The van der Waals surface area contributed by atoms with Crippen molar-refractivity contribution in [3.8, 4) is 0 Å². The lowest BCUT2D eigenvalue weighted by atomic mass is 10.1. The van der Waals surface area contributed by atoms with Crippen LogP contribution in [0, 0.1) is 0 Å². The van der Waals surface area contributed by atoms with E-state index in [4.69, 9.17) is 0 Å². The highest BCUT2D eigenvalue weighted by Gasteiger charge is 2.38. The highest BCUT2D eigenvalue weighted by atomic mass is 15.3. The molecule has 1 saturated carbocycles. The first-order valence-corrected chi connectivity index (χ1v) is 7.62. The Balaban J connectivity index is 1.38. The first-order valence-electron chi connectivity index (χ1n) is 7.62. The molecule has 3 nitrogen and oxygen atoms in total. The summed E-state index contributed by atoms with van der Waals surface area (Å²) in [5.74, 6) is 0. The van der Waals surface area contributed by atoms with Crippen molar-refractivity contribution in [3.63, 3.8) is 0 Å². The highest BCUT2D eigenvalue weighted by Crippen LogP contribution is 2.32. The lowest BCUT2D eigenvalue weighted by Crippen LogP contribution is -2.43. The number of rotatable bonds is 2. The average Bonchev–Trinajstić information content (AvgIpc) is 2.95. The summed E-state index contributed by atoms with van der Waals surface area (Å²) in [6.07, 6.45) is 8.60. The quantitative estimate of drug-likeness (QED) is 0.772. The van der Waals surface area contributed by atoms with Crippen molar-refractivity contribution >= 4 is 0 Å². The maximum atomic E-state index is 3.80. The van der Waals surface area contributed by atoms with E-state index in [-0.39, 0.29) is 0 Å². The van der Waals surface area contributed by atoms with E-state index in [0.29, 0.717) is 0 Å². The Morgan fingerprint density at radius 2 is 1.41 bits per heavy atom. The first kappa shape index (κ1) is 10.8. The zero-order valence-corrected chi connectivity index (χ0v) is 10.8. The van der Waals surface area contributed by atoms with Crippen LogP contribution in [0.3, 0.4) is 0 Å². The van der Waals surface area contributed by atoms with E-state index in [1.165, 1.54) is 64.7 Å². The second kappa shape index (κ2) is 4.22. The molecule has 3 heterocycles. The highest BCUT2D eigenvalue weighted by molar-refractivity contribution is 4.96. The second-order valence-electron chi connectivity index (χ2n) is 6.59. The molecule has 1 N–H and O–H groups in total. The number of fused-ring (bicyclic) bond motifs is 2. The van der Waals surface area contributed by atoms with Gasteiger partial charge in [-0.2, -0.15) is 0 Å². The molecule has 2 bridgehead atoms. The molecule has 3 aliphatic heterocycles. The van der Waals surface area contributed by atoms with E-state index in [9.17, 15) is 0 Å². The first-order chi connectivity index (χ1) is 8.38. The number of nitrogens with one attached hydrogen (secondary N) is 1. The third-order valence-corrected chi connectivity index (χ3v) is 5.33. The summed E-state index contributed by atoms with van der Waals surface area (Å²) >= 11 is 0. The molecule has 3 saturated heterocycles. The Hall–Kier alpha value is -0.120. The summed E-state index contributed by atoms with van der Waals surface area (Å²) < 4.78 is 0. The van der Waals surface area contributed by atoms with Gasteiger partial charge in [0.2, 0.25) is 0 Å². The van der Waals surface area contributed by atoms with Gasteiger partial charge in [-0.1, -0.05) is 0 Å². The average molecular weight is 235 g/mol. The molecule has 17 heavy (non-hydrogen) atoms. The number of likely N-dealkylation sites (tertiary alicyclic amines) is 2. The van der Waals surface area contributed by atoms with Crippen LogP contribution >= 0.6 is 0 Å². The normalized spacial score (nSPS) is 44.1. The van der Waals surface area contributed by atoms with E-state index in [1.807, 2.05) is 0 Å². The molecule has 3 unspecified atom stereocenters. The fraction of sp³-hybridized carbons (Fsp3) is 1.00. The number of nitrogens with zero attached hydrogens (tertiary/aromatic N) is 2. The Morgan fingerprint density at radius 3 is 2.29 bits per heavy atom. The van der Waals surface area contributed by atoms with Crippen LogP contribution in [0.5, 0.6) is 0 Å². The molecule has 0 radical (unpaired) electrons. The molecule has 0 aromatic heterocycles. The summed E-state index contributed by atoms with van der Waals surface area (Å²) in [5.41, 5.74) is 0. The molecular weight excluding hydrogens is 210 g/mol. The largest absolute Gasteiger partial charge is 0.310 e. The molecule has 96 valence electrons. The van der Waals surface area contributed by atoms with E-state index >= 15 is 0 Å². The standard InChI is InChI=1S/C14H25N3/c1-2-12-9-16(7-5-11(1)15-12)14-6-8-17(10-14)13-3-4-13/h11-15H,1-10H2. The summed E-state index contributed by atoms with van der Waals surface area (Å²) in [5, 5.41) is 3.80. The predicted octanol–water partition coefficient (Wildman–Crippen LogP) is 1.05. The Kier molecular flexibility index (Phi) is 2.67. The van der Waals surface area contributed by atoms with Crippen LogP contribution in [0.1, 0.15) is 38.5 Å². The summed E-state index contributed by atoms with van der Waals surface area (Å²) in [7, 11) is 0. The van der Waals surface area contributed by atoms with Gasteiger partial charge in [0, 0.05) is 50.3 Å². The zero-order valence-electron chi connectivity index (χ0n) is 10.8. The van der Waals surface area contributed by atoms with Crippen LogP contribution in [-0.4, -0.2) is 60.1 Å². The lowest BCUT2D eigenvalue weighted by Gasteiger charge is -2.30. The predicted molar refractivity (Wildman–Crippen MR) is 69.1 cm³/mol. The molecule has 1 aliphatic carbocycles. The molecule has 0 aromatic carbocycles. The van der Waals surface area contributed by atoms with Gasteiger partial charge in [-0.15, -0.1) is 0 Å². The van der Waals surface area contributed by atoms with E-state index < -0.39 is 0 Å². The van der Waals surface area contributed by atoms with Gasteiger partial charge >= 0.3 is 0 Å². The van der Waals surface area contributed by atoms with Crippen molar-refractivity contribution in [2.24, 2.45) is 0 Å².